The van der Waals surface area contributed by atoms with E-state index in [1.165, 1.54) is 6.26 Å². The lowest BCUT2D eigenvalue weighted by Crippen LogP contribution is -2.49. The van der Waals surface area contributed by atoms with Crippen LogP contribution in [0.25, 0.3) is 0 Å². The third kappa shape index (κ3) is 5.12. The molecule has 148 valence electrons. The van der Waals surface area contributed by atoms with Gasteiger partial charge in [0.2, 0.25) is 5.91 Å². The minimum atomic E-state index is -0.325. The standard InChI is InChI=1S/C20H24N4O4/c1-14-17(9-12-28-14)19(26)21-13-18(25)24-10-7-16(8-11-24)23-20(27)22-15-5-3-2-4-6-15/h2-6,9,12,16H,7-8,10-11,13H2,1H3,(H,21,26)(H2,22,23,27). The lowest BCUT2D eigenvalue weighted by Gasteiger charge is -2.32. The third-order valence-electron chi connectivity index (χ3n) is 4.72. The molecular weight excluding hydrogens is 360 g/mol. The number of carbonyl (C=O) groups is 3. The molecule has 3 N–H and O–H groups in total. The average molecular weight is 384 g/mol. The first-order chi connectivity index (χ1) is 13.5. The Balaban J connectivity index is 1.38. The van der Waals surface area contributed by atoms with E-state index in [9.17, 15) is 14.4 Å². The van der Waals surface area contributed by atoms with Gasteiger partial charge in [0.25, 0.3) is 5.91 Å². The largest absolute Gasteiger partial charge is 0.469 e. The number of piperidine rings is 1. The SMILES string of the molecule is Cc1occc1C(=O)NCC(=O)N1CCC(NC(=O)Nc2ccccc2)CC1. The van der Waals surface area contributed by atoms with E-state index in [0.717, 1.165) is 5.69 Å². The molecule has 0 bridgehead atoms. The van der Waals surface area contributed by atoms with Gasteiger partial charge in [-0.05, 0) is 38.0 Å². The number of likely N-dealkylation sites (tertiary alicyclic amines) is 1. The summed E-state index contributed by atoms with van der Waals surface area (Å²) in [4.78, 5) is 38.1. The van der Waals surface area contributed by atoms with Crippen LogP contribution in [0.3, 0.4) is 0 Å². The Morgan fingerprint density at radius 2 is 1.82 bits per heavy atom. The Morgan fingerprint density at radius 3 is 2.46 bits per heavy atom. The predicted molar refractivity (Wildman–Crippen MR) is 104 cm³/mol. The molecule has 4 amide bonds. The first kappa shape index (κ1) is 19.5. The van der Waals surface area contributed by atoms with E-state index in [4.69, 9.17) is 4.42 Å². The molecule has 1 saturated heterocycles. The molecule has 2 aromatic rings. The van der Waals surface area contributed by atoms with Crippen LogP contribution in [-0.4, -0.2) is 48.4 Å². The molecule has 3 rings (SSSR count). The number of hydrogen-bond acceptors (Lipinski definition) is 4. The first-order valence-electron chi connectivity index (χ1n) is 9.25. The molecule has 2 heterocycles. The van der Waals surface area contributed by atoms with Crippen molar-refractivity contribution < 1.29 is 18.8 Å². The van der Waals surface area contributed by atoms with Gasteiger partial charge in [0.1, 0.15) is 5.76 Å². The number of para-hydroxylation sites is 1. The summed E-state index contributed by atoms with van der Waals surface area (Å²) in [6.45, 7) is 2.71. The summed E-state index contributed by atoms with van der Waals surface area (Å²) in [5, 5.41) is 8.35. The zero-order chi connectivity index (χ0) is 19.9. The van der Waals surface area contributed by atoms with Crippen molar-refractivity contribution in [3.05, 3.63) is 54.0 Å². The summed E-state index contributed by atoms with van der Waals surface area (Å²) in [5.74, 6) is 0.0565. The molecule has 1 fully saturated rings. The highest BCUT2D eigenvalue weighted by Gasteiger charge is 2.24. The van der Waals surface area contributed by atoms with Crippen LogP contribution in [0.5, 0.6) is 0 Å². The number of anilines is 1. The second-order valence-corrected chi connectivity index (χ2v) is 6.69. The van der Waals surface area contributed by atoms with Crippen LogP contribution in [0.2, 0.25) is 0 Å². The molecule has 28 heavy (non-hydrogen) atoms. The van der Waals surface area contributed by atoms with Crippen LogP contribution in [-0.2, 0) is 4.79 Å². The monoisotopic (exact) mass is 384 g/mol. The van der Waals surface area contributed by atoms with E-state index in [0.29, 0.717) is 37.3 Å². The molecule has 0 atom stereocenters. The van der Waals surface area contributed by atoms with Crippen molar-refractivity contribution in [2.45, 2.75) is 25.8 Å². The molecule has 0 saturated carbocycles. The van der Waals surface area contributed by atoms with Crippen molar-refractivity contribution in [3.63, 3.8) is 0 Å². The number of hydrogen-bond donors (Lipinski definition) is 3. The summed E-state index contributed by atoms with van der Waals surface area (Å²) >= 11 is 0. The average Bonchev–Trinajstić information content (AvgIpc) is 3.13. The predicted octanol–water partition coefficient (Wildman–Crippen LogP) is 2.13. The fourth-order valence-corrected chi connectivity index (χ4v) is 3.13. The lowest BCUT2D eigenvalue weighted by atomic mass is 10.1. The highest BCUT2D eigenvalue weighted by Crippen LogP contribution is 2.12. The molecule has 8 heteroatoms. The number of furan rings is 1. The highest BCUT2D eigenvalue weighted by molar-refractivity contribution is 5.97. The van der Waals surface area contributed by atoms with Gasteiger partial charge < -0.3 is 25.3 Å². The molecule has 1 aliphatic rings. The fraction of sp³-hybridized carbons (Fsp3) is 0.350. The van der Waals surface area contributed by atoms with Gasteiger partial charge in [-0.3, -0.25) is 9.59 Å². The van der Waals surface area contributed by atoms with Gasteiger partial charge in [0, 0.05) is 24.8 Å². The Hall–Kier alpha value is -3.29. The number of rotatable bonds is 5. The molecule has 1 aliphatic heterocycles. The van der Waals surface area contributed by atoms with E-state index in [2.05, 4.69) is 16.0 Å². The lowest BCUT2D eigenvalue weighted by molar-refractivity contribution is -0.131. The van der Waals surface area contributed by atoms with Gasteiger partial charge in [0.15, 0.2) is 0 Å². The third-order valence-corrected chi connectivity index (χ3v) is 4.72. The topological polar surface area (TPSA) is 104 Å². The number of nitrogens with one attached hydrogen (secondary N) is 3. The number of amides is 4. The molecule has 0 unspecified atom stereocenters. The van der Waals surface area contributed by atoms with Gasteiger partial charge in [-0.2, -0.15) is 0 Å². The fourth-order valence-electron chi connectivity index (χ4n) is 3.13. The van der Waals surface area contributed by atoms with Crippen molar-refractivity contribution in [1.82, 2.24) is 15.5 Å². The minimum Gasteiger partial charge on any atom is -0.469 e. The van der Waals surface area contributed by atoms with Gasteiger partial charge in [0.05, 0.1) is 18.4 Å². The molecule has 0 spiro atoms. The van der Waals surface area contributed by atoms with Crippen molar-refractivity contribution in [2.75, 3.05) is 25.0 Å². The molecule has 0 aliphatic carbocycles. The number of urea groups is 1. The normalized spacial score (nSPS) is 14.4. The maximum atomic E-state index is 12.3. The summed E-state index contributed by atoms with van der Waals surface area (Å²) in [7, 11) is 0. The van der Waals surface area contributed by atoms with Crippen LogP contribution in [0.4, 0.5) is 10.5 Å². The minimum absolute atomic E-state index is 0.0101. The Labute approximate surface area is 163 Å². The number of benzene rings is 1. The van der Waals surface area contributed by atoms with Crippen molar-refractivity contribution in [2.24, 2.45) is 0 Å². The maximum absolute atomic E-state index is 12.3. The molecule has 0 radical (unpaired) electrons. The zero-order valence-corrected chi connectivity index (χ0v) is 15.7. The van der Waals surface area contributed by atoms with E-state index >= 15 is 0 Å². The number of nitrogens with zero attached hydrogens (tertiary/aromatic N) is 1. The summed E-state index contributed by atoms with van der Waals surface area (Å²) in [6.07, 6.45) is 2.78. The summed E-state index contributed by atoms with van der Waals surface area (Å²) in [5.41, 5.74) is 1.16. The quantitative estimate of drug-likeness (QED) is 0.735. The molecule has 1 aromatic heterocycles. The smallest absolute Gasteiger partial charge is 0.319 e. The van der Waals surface area contributed by atoms with Gasteiger partial charge in [-0.25, -0.2) is 4.79 Å². The van der Waals surface area contributed by atoms with Gasteiger partial charge in [-0.15, -0.1) is 0 Å². The van der Waals surface area contributed by atoms with Crippen LogP contribution in [0.15, 0.2) is 47.1 Å². The van der Waals surface area contributed by atoms with Crippen LogP contribution in [0.1, 0.15) is 29.0 Å². The van der Waals surface area contributed by atoms with E-state index < -0.39 is 0 Å². The summed E-state index contributed by atoms with van der Waals surface area (Å²) < 4.78 is 5.09. The van der Waals surface area contributed by atoms with Crippen LogP contribution in [0, 0.1) is 6.92 Å². The Kier molecular flexibility index (Phi) is 6.31. The van der Waals surface area contributed by atoms with Gasteiger partial charge in [-0.1, -0.05) is 18.2 Å². The van der Waals surface area contributed by atoms with Crippen LogP contribution < -0.4 is 16.0 Å². The Bertz CT molecular complexity index is 826. The van der Waals surface area contributed by atoms with Crippen molar-refractivity contribution in [3.8, 4) is 0 Å². The second-order valence-electron chi connectivity index (χ2n) is 6.69. The molecule has 1 aromatic carbocycles. The maximum Gasteiger partial charge on any atom is 0.319 e. The molecular formula is C20H24N4O4. The zero-order valence-electron chi connectivity index (χ0n) is 15.7. The molecule has 8 nitrogen and oxygen atoms in total. The number of aryl methyl sites for hydroxylation is 1. The number of carbonyl (C=O) groups excluding carboxylic acids is 3. The van der Waals surface area contributed by atoms with Gasteiger partial charge >= 0.3 is 6.03 Å². The van der Waals surface area contributed by atoms with E-state index in [1.807, 2.05) is 30.3 Å². The van der Waals surface area contributed by atoms with Crippen LogP contribution >= 0.6 is 0 Å². The summed E-state index contributed by atoms with van der Waals surface area (Å²) in [6, 6.07) is 10.6. The second kappa shape index (κ2) is 9.07. The van der Waals surface area contributed by atoms with Crippen molar-refractivity contribution in [1.29, 1.82) is 0 Å². The van der Waals surface area contributed by atoms with E-state index in [-0.39, 0.29) is 30.4 Å². The van der Waals surface area contributed by atoms with E-state index in [1.54, 1.807) is 17.9 Å². The van der Waals surface area contributed by atoms with Crippen molar-refractivity contribution >= 4 is 23.5 Å². The first-order valence-corrected chi connectivity index (χ1v) is 9.25. The highest BCUT2D eigenvalue weighted by atomic mass is 16.3. The Morgan fingerprint density at radius 1 is 1.11 bits per heavy atom.